The second kappa shape index (κ2) is 14.1. The zero-order chi connectivity index (χ0) is 31.0. The van der Waals surface area contributed by atoms with Gasteiger partial charge in [0.25, 0.3) is 5.91 Å². The molecule has 14 heteroatoms. The second-order valence-corrected chi connectivity index (χ2v) is 10.5. The van der Waals surface area contributed by atoms with Crippen LogP contribution >= 0.6 is 0 Å². The first kappa shape index (κ1) is 32.2. The minimum atomic E-state index is -2.09. The summed E-state index contributed by atoms with van der Waals surface area (Å²) in [6, 6.07) is 12.6. The molecule has 2 heterocycles. The van der Waals surface area contributed by atoms with Gasteiger partial charge in [0.05, 0.1) is 30.6 Å². The Balaban J connectivity index is 1.80. The van der Waals surface area contributed by atoms with Gasteiger partial charge < -0.3 is 35.5 Å². The van der Waals surface area contributed by atoms with Gasteiger partial charge in [0.2, 0.25) is 11.8 Å². The van der Waals surface area contributed by atoms with Gasteiger partial charge in [0, 0.05) is 12.6 Å². The number of carboxylic acids is 1. The van der Waals surface area contributed by atoms with Crippen molar-refractivity contribution in [3.8, 4) is 11.3 Å². The van der Waals surface area contributed by atoms with Crippen molar-refractivity contribution in [2.24, 2.45) is 5.92 Å². The predicted octanol–water partition coefficient (Wildman–Crippen LogP) is 0.709. The zero-order valence-corrected chi connectivity index (χ0v) is 23.8. The maximum Gasteiger partial charge on any atom is 0.552 e. The molecule has 1 aliphatic heterocycles. The zero-order valence-electron chi connectivity index (χ0n) is 23.8. The summed E-state index contributed by atoms with van der Waals surface area (Å²) in [5.41, 5.74) is -0.742. The minimum absolute atomic E-state index is 0.0224. The van der Waals surface area contributed by atoms with Crippen molar-refractivity contribution >= 4 is 36.8 Å². The van der Waals surface area contributed by atoms with E-state index in [4.69, 9.17) is 9.31 Å². The molecule has 2 aromatic rings. The lowest BCUT2D eigenvalue weighted by Crippen LogP contribution is -2.58. The molecule has 0 radical (unpaired) electrons. The molecular formula is C28H35BN4O9. The summed E-state index contributed by atoms with van der Waals surface area (Å²) >= 11 is 0. The van der Waals surface area contributed by atoms with Crippen LogP contribution in [-0.4, -0.2) is 82.7 Å². The molecule has 1 aliphatic rings. The molecule has 1 aromatic heterocycles. The van der Waals surface area contributed by atoms with E-state index in [2.05, 4.69) is 20.9 Å². The first-order valence-corrected chi connectivity index (χ1v) is 13.5. The highest BCUT2D eigenvalue weighted by Gasteiger charge is 2.57. The molecule has 42 heavy (non-hydrogen) atoms. The van der Waals surface area contributed by atoms with Crippen molar-refractivity contribution in [3.63, 3.8) is 0 Å². The Bertz CT molecular complexity index is 1310. The third-order valence-electron chi connectivity index (χ3n) is 6.58. The van der Waals surface area contributed by atoms with Crippen LogP contribution in [-0.2, 0) is 28.5 Å². The SMILES string of the molecule is CNC(=O)C[C@@]1(CC(=O)O)OB(C(CC(C)C)NC(=O)C(NC(=O)c2cccc(-c3ccccc3)n2)C(C)O)OC1=O. The summed E-state index contributed by atoms with van der Waals surface area (Å²) in [6.45, 7) is 5.00. The van der Waals surface area contributed by atoms with Gasteiger partial charge in [-0.25, -0.2) is 4.98 Å². The number of carbonyl (C=O) groups excluding carboxylic acids is 4. The highest BCUT2D eigenvalue weighted by Crippen LogP contribution is 2.32. The first-order valence-electron chi connectivity index (χ1n) is 13.5. The van der Waals surface area contributed by atoms with Crippen LogP contribution in [0.1, 0.15) is 50.5 Å². The summed E-state index contributed by atoms with van der Waals surface area (Å²) in [5.74, 6) is -5.64. The number of nitrogens with one attached hydrogen (secondary N) is 3. The maximum absolute atomic E-state index is 13.4. The second-order valence-electron chi connectivity index (χ2n) is 10.5. The number of carboxylic acid groups (broad SMARTS) is 1. The van der Waals surface area contributed by atoms with Crippen LogP contribution in [0.3, 0.4) is 0 Å². The fourth-order valence-corrected chi connectivity index (χ4v) is 4.52. The van der Waals surface area contributed by atoms with E-state index in [0.29, 0.717) is 5.69 Å². The Morgan fingerprint density at radius 1 is 1.00 bits per heavy atom. The summed E-state index contributed by atoms with van der Waals surface area (Å²) in [5, 5.41) is 27.3. The Kier molecular flexibility index (Phi) is 10.8. The number of benzene rings is 1. The topological polar surface area (TPSA) is 193 Å². The molecule has 3 unspecified atom stereocenters. The number of hydrogen-bond donors (Lipinski definition) is 5. The minimum Gasteiger partial charge on any atom is -0.506 e. The first-order chi connectivity index (χ1) is 19.8. The third kappa shape index (κ3) is 8.14. The van der Waals surface area contributed by atoms with Crippen molar-refractivity contribution in [2.75, 3.05) is 7.05 Å². The largest absolute Gasteiger partial charge is 0.552 e. The Morgan fingerprint density at radius 3 is 2.29 bits per heavy atom. The third-order valence-corrected chi connectivity index (χ3v) is 6.58. The van der Waals surface area contributed by atoms with E-state index in [9.17, 15) is 34.2 Å². The van der Waals surface area contributed by atoms with Crippen LogP contribution in [0.5, 0.6) is 0 Å². The van der Waals surface area contributed by atoms with Crippen LogP contribution in [0.2, 0.25) is 0 Å². The highest BCUT2D eigenvalue weighted by atomic mass is 16.7. The quantitative estimate of drug-likeness (QED) is 0.210. The number of amides is 3. The smallest absolute Gasteiger partial charge is 0.506 e. The molecule has 3 amide bonds. The molecule has 0 bridgehead atoms. The lowest BCUT2D eigenvalue weighted by atomic mass is 9.73. The standard InChI is InChI=1S/C28H35BN4O9/c1-16(2)13-21(29-41-27(40)28(42-29,15-23(36)37)14-22(35)30-4)32-26(39)24(17(3)34)33-25(38)20-12-8-11-19(31-20)18-9-6-5-7-10-18/h5-12,16-17,21,24,34H,13-15H2,1-4H3,(H,30,35)(H,32,39)(H,33,38)(H,36,37)/t17?,21?,24?,28-/m0/s1. The molecule has 0 saturated carbocycles. The van der Waals surface area contributed by atoms with Gasteiger partial charge in [-0.05, 0) is 31.4 Å². The molecular weight excluding hydrogens is 547 g/mol. The van der Waals surface area contributed by atoms with E-state index in [1.165, 1.54) is 20.0 Å². The number of aliphatic hydroxyl groups excluding tert-OH is 1. The van der Waals surface area contributed by atoms with E-state index >= 15 is 0 Å². The van der Waals surface area contributed by atoms with Gasteiger partial charge in [0.1, 0.15) is 11.7 Å². The average molecular weight is 582 g/mol. The van der Waals surface area contributed by atoms with Gasteiger partial charge in [-0.1, -0.05) is 50.2 Å². The number of rotatable bonds is 13. The molecule has 0 spiro atoms. The van der Waals surface area contributed by atoms with Gasteiger partial charge in [-0.2, -0.15) is 0 Å². The van der Waals surface area contributed by atoms with Crippen LogP contribution < -0.4 is 16.0 Å². The number of carbonyl (C=O) groups is 5. The van der Waals surface area contributed by atoms with Crippen LogP contribution in [0.4, 0.5) is 0 Å². The van der Waals surface area contributed by atoms with Crippen molar-refractivity contribution < 1.29 is 43.5 Å². The molecule has 224 valence electrons. The average Bonchev–Trinajstić information content (AvgIpc) is 3.25. The summed E-state index contributed by atoms with van der Waals surface area (Å²) < 4.78 is 11.1. The van der Waals surface area contributed by atoms with Crippen LogP contribution in [0.25, 0.3) is 11.3 Å². The van der Waals surface area contributed by atoms with Crippen molar-refractivity contribution in [3.05, 3.63) is 54.2 Å². The Morgan fingerprint density at radius 2 is 1.69 bits per heavy atom. The fourth-order valence-electron chi connectivity index (χ4n) is 4.52. The van der Waals surface area contributed by atoms with Crippen LogP contribution in [0.15, 0.2) is 48.5 Å². The molecule has 1 saturated heterocycles. The molecule has 5 N–H and O–H groups in total. The van der Waals surface area contributed by atoms with Crippen molar-refractivity contribution in [1.82, 2.24) is 20.9 Å². The normalized spacial score (nSPS) is 18.5. The lowest BCUT2D eigenvalue weighted by molar-refractivity contribution is -0.154. The molecule has 1 aromatic carbocycles. The fraction of sp³-hybridized carbons (Fsp3) is 0.429. The van der Waals surface area contributed by atoms with E-state index in [-0.39, 0.29) is 18.0 Å². The summed E-state index contributed by atoms with van der Waals surface area (Å²) in [6.07, 6.45) is -2.56. The van der Waals surface area contributed by atoms with Crippen molar-refractivity contribution in [1.29, 1.82) is 0 Å². The summed E-state index contributed by atoms with van der Waals surface area (Å²) in [7, 11) is -0.101. The number of aromatic nitrogens is 1. The number of hydrogen-bond acceptors (Lipinski definition) is 9. The molecule has 4 atom stereocenters. The lowest BCUT2D eigenvalue weighted by Gasteiger charge is -2.27. The van der Waals surface area contributed by atoms with Gasteiger partial charge in [0.15, 0.2) is 5.60 Å². The van der Waals surface area contributed by atoms with E-state index < -0.39 is 73.3 Å². The van der Waals surface area contributed by atoms with Crippen molar-refractivity contribution in [2.45, 2.75) is 63.7 Å². The number of pyridine rings is 1. The van der Waals surface area contributed by atoms with Crippen LogP contribution in [0, 0.1) is 5.92 Å². The summed E-state index contributed by atoms with van der Waals surface area (Å²) in [4.78, 5) is 67.3. The van der Waals surface area contributed by atoms with E-state index in [0.717, 1.165) is 5.56 Å². The van der Waals surface area contributed by atoms with Gasteiger partial charge >= 0.3 is 19.1 Å². The van der Waals surface area contributed by atoms with Gasteiger partial charge in [-0.15, -0.1) is 0 Å². The number of aliphatic hydroxyl groups is 1. The molecule has 13 nitrogen and oxygen atoms in total. The molecule has 0 aliphatic carbocycles. The molecule has 1 fully saturated rings. The Labute approximate surface area is 243 Å². The number of aliphatic carboxylic acids is 1. The molecule has 3 rings (SSSR count). The maximum atomic E-state index is 13.4. The Hall–Kier alpha value is -4.30. The van der Waals surface area contributed by atoms with Gasteiger partial charge in [-0.3, -0.25) is 24.0 Å². The predicted molar refractivity (Wildman–Crippen MR) is 151 cm³/mol. The monoisotopic (exact) mass is 582 g/mol. The van der Waals surface area contributed by atoms with E-state index in [1.54, 1.807) is 12.1 Å². The number of nitrogens with zero attached hydrogens (tertiary/aromatic N) is 1. The van der Waals surface area contributed by atoms with E-state index in [1.807, 2.05) is 44.2 Å². The highest BCUT2D eigenvalue weighted by molar-refractivity contribution is 6.51.